The van der Waals surface area contributed by atoms with E-state index in [9.17, 15) is 0 Å². The second-order valence-electron chi connectivity index (χ2n) is 3.67. The first kappa shape index (κ1) is 11.3. The largest absolute Gasteiger partial charge is 0.496 e. The summed E-state index contributed by atoms with van der Waals surface area (Å²) in [7, 11) is 1.60. The summed E-state index contributed by atoms with van der Waals surface area (Å²) in [6.07, 6.45) is 0. The Bertz CT molecular complexity index is 662. The monoisotopic (exact) mass is 258 g/mol. The molecule has 0 saturated heterocycles. The van der Waals surface area contributed by atoms with Crippen LogP contribution in [-0.4, -0.2) is 47.9 Å². The number of nitrogens with one attached hydrogen (secondary N) is 1. The van der Waals surface area contributed by atoms with Crippen molar-refractivity contribution in [1.29, 1.82) is 0 Å². The van der Waals surface area contributed by atoms with Gasteiger partial charge in [-0.05, 0) is 17.3 Å². The number of nitrogens with zero attached hydrogens (tertiary/aromatic N) is 7. The fourth-order valence-electron chi connectivity index (χ4n) is 1.62. The van der Waals surface area contributed by atoms with Gasteiger partial charge in [0.1, 0.15) is 12.3 Å². The van der Waals surface area contributed by atoms with Crippen molar-refractivity contribution in [3.05, 3.63) is 30.1 Å². The van der Waals surface area contributed by atoms with Gasteiger partial charge in [-0.2, -0.15) is 10.0 Å². The third kappa shape index (κ3) is 2.25. The molecule has 0 bridgehead atoms. The molecule has 0 spiro atoms. The van der Waals surface area contributed by atoms with Crippen LogP contribution in [0.25, 0.3) is 11.4 Å². The summed E-state index contributed by atoms with van der Waals surface area (Å²) in [6.45, 7) is 0.304. The van der Waals surface area contributed by atoms with Crippen LogP contribution in [0.2, 0.25) is 0 Å². The summed E-state index contributed by atoms with van der Waals surface area (Å²) in [4.78, 5) is 1.40. The van der Waals surface area contributed by atoms with Crippen LogP contribution < -0.4 is 4.74 Å². The lowest BCUT2D eigenvalue weighted by molar-refractivity contribution is 0.416. The van der Waals surface area contributed by atoms with Gasteiger partial charge in [-0.3, -0.25) is 0 Å². The van der Waals surface area contributed by atoms with Gasteiger partial charge >= 0.3 is 0 Å². The Morgan fingerprint density at radius 2 is 2.16 bits per heavy atom. The highest BCUT2D eigenvalue weighted by atomic mass is 16.5. The first-order valence-corrected chi connectivity index (χ1v) is 5.50. The quantitative estimate of drug-likeness (QED) is 0.696. The molecule has 19 heavy (non-hydrogen) atoms. The van der Waals surface area contributed by atoms with E-state index in [0.717, 1.165) is 5.56 Å². The normalized spacial score (nSPS) is 10.6. The number of rotatable bonds is 4. The van der Waals surface area contributed by atoms with Crippen molar-refractivity contribution in [2.75, 3.05) is 7.11 Å². The number of H-pyrrole nitrogens is 1. The van der Waals surface area contributed by atoms with Crippen LogP contribution in [0.4, 0.5) is 0 Å². The number of methoxy groups -OCH3 is 1. The van der Waals surface area contributed by atoms with E-state index < -0.39 is 0 Å². The van der Waals surface area contributed by atoms with Crippen LogP contribution >= 0.6 is 0 Å². The SMILES string of the molecule is COc1ccccc1-c1nnn(Cc2nn[nH]n2)n1. The van der Waals surface area contributed by atoms with Crippen molar-refractivity contribution < 1.29 is 4.74 Å². The molecular formula is C10H10N8O. The van der Waals surface area contributed by atoms with Gasteiger partial charge in [0.15, 0.2) is 5.82 Å². The van der Waals surface area contributed by atoms with Gasteiger partial charge in [0.2, 0.25) is 5.82 Å². The van der Waals surface area contributed by atoms with Crippen LogP contribution in [-0.2, 0) is 6.54 Å². The van der Waals surface area contributed by atoms with Gasteiger partial charge in [0.05, 0.1) is 12.7 Å². The van der Waals surface area contributed by atoms with Gasteiger partial charge in [-0.15, -0.1) is 20.4 Å². The van der Waals surface area contributed by atoms with Crippen molar-refractivity contribution in [1.82, 2.24) is 40.8 Å². The van der Waals surface area contributed by atoms with Crippen molar-refractivity contribution in [3.63, 3.8) is 0 Å². The summed E-state index contributed by atoms with van der Waals surface area (Å²) < 4.78 is 5.26. The molecule has 1 N–H and O–H groups in total. The van der Waals surface area contributed by atoms with Gasteiger partial charge in [0.25, 0.3) is 0 Å². The number of benzene rings is 1. The van der Waals surface area contributed by atoms with Crippen molar-refractivity contribution in [2.24, 2.45) is 0 Å². The molecule has 0 saturated carbocycles. The zero-order valence-corrected chi connectivity index (χ0v) is 10.1. The molecule has 0 amide bonds. The Labute approximate surface area is 107 Å². The molecule has 0 unspecified atom stereocenters. The maximum absolute atomic E-state index is 5.26. The molecule has 96 valence electrons. The number of aromatic nitrogens is 8. The lowest BCUT2D eigenvalue weighted by Crippen LogP contribution is -2.05. The first-order valence-electron chi connectivity index (χ1n) is 5.50. The minimum Gasteiger partial charge on any atom is -0.496 e. The molecule has 9 heteroatoms. The summed E-state index contributed by atoms with van der Waals surface area (Å²) in [5.74, 6) is 1.67. The third-order valence-electron chi connectivity index (χ3n) is 2.47. The lowest BCUT2D eigenvalue weighted by atomic mass is 10.2. The Morgan fingerprint density at radius 3 is 2.95 bits per heavy atom. The highest BCUT2D eigenvalue weighted by Gasteiger charge is 2.11. The summed E-state index contributed by atoms with van der Waals surface area (Å²) in [5, 5.41) is 25.7. The molecule has 2 aromatic heterocycles. The molecule has 3 aromatic rings. The highest BCUT2D eigenvalue weighted by Crippen LogP contribution is 2.25. The molecule has 0 aliphatic heterocycles. The van der Waals surface area contributed by atoms with E-state index in [-0.39, 0.29) is 0 Å². The fourth-order valence-corrected chi connectivity index (χ4v) is 1.62. The highest BCUT2D eigenvalue weighted by molar-refractivity contribution is 5.63. The van der Waals surface area contributed by atoms with E-state index in [1.54, 1.807) is 7.11 Å². The average molecular weight is 258 g/mol. The second kappa shape index (κ2) is 4.80. The molecule has 0 fully saturated rings. The minimum absolute atomic E-state index is 0.304. The topological polar surface area (TPSA) is 107 Å². The van der Waals surface area contributed by atoms with Crippen LogP contribution in [0.15, 0.2) is 24.3 Å². The second-order valence-corrected chi connectivity index (χ2v) is 3.67. The van der Waals surface area contributed by atoms with Gasteiger partial charge in [-0.1, -0.05) is 17.3 Å². The van der Waals surface area contributed by atoms with Crippen LogP contribution in [0.1, 0.15) is 5.82 Å². The average Bonchev–Trinajstić information content (AvgIpc) is 3.11. The maximum atomic E-state index is 5.26. The van der Waals surface area contributed by atoms with E-state index in [1.165, 1.54) is 4.80 Å². The molecule has 0 atom stereocenters. The Hall–Kier alpha value is -2.84. The van der Waals surface area contributed by atoms with E-state index in [4.69, 9.17) is 4.74 Å². The number of ether oxygens (including phenoxy) is 1. The Kier molecular flexibility index (Phi) is 2.85. The number of hydrogen-bond acceptors (Lipinski definition) is 7. The maximum Gasteiger partial charge on any atom is 0.208 e. The summed E-state index contributed by atoms with van der Waals surface area (Å²) >= 11 is 0. The number of tetrazole rings is 2. The van der Waals surface area contributed by atoms with Crippen LogP contribution in [0, 0.1) is 0 Å². The number of aromatic amines is 1. The van der Waals surface area contributed by atoms with E-state index >= 15 is 0 Å². The minimum atomic E-state index is 0.304. The molecular weight excluding hydrogens is 248 g/mol. The molecule has 0 aliphatic rings. The molecule has 3 rings (SSSR count). The van der Waals surface area contributed by atoms with Crippen LogP contribution in [0.3, 0.4) is 0 Å². The van der Waals surface area contributed by atoms with Gasteiger partial charge in [-0.25, -0.2) is 0 Å². The van der Waals surface area contributed by atoms with E-state index in [0.29, 0.717) is 23.9 Å². The smallest absolute Gasteiger partial charge is 0.208 e. The third-order valence-corrected chi connectivity index (χ3v) is 2.47. The zero-order chi connectivity index (χ0) is 13.1. The van der Waals surface area contributed by atoms with Crippen LogP contribution in [0.5, 0.6) is 5.75 Å². The number of para-hydroxylation sites is 1. The molecule has 0 radical (unpaired) electrons. The number of hydrogen-bond donors (Lipinski definition) is 1. The van der Waals surface area contributed by atoms with Gasteiger partial charge in [0, 0.05) is 0 Å². The Morgan fingerprint density at radius 1 is 1.26 bits per heavy atom. The first-order chi connectivity index (χ1) is 9.36. The van der Waals surface area contributed by atoms with Crippen molar-refractivity contribution in [3.8, 4) is 17.1 Å². The molecule has 2 heterocycles. The molecule has 1 aromatic carbocycles. The van der Waals surface area contributed by atoms with E-state index in [2.05, 4.69) is 36.0 Å². The summed E-state index contributed by atoms with van der Waals surface area (Å²) in [5.41, 5.74) is 0.782. The molecule has 0 aliphatic carbocycles. The predicted molar refractivity (Wildman–Crippen MR) is 63.1 cm³/mol. The fraction of sp³-hybridized carbons (Fsp3) is 0.200. The summed E-state index contributed by atoms with van der Waals surface area (Å²) in [6, 6.07) is 7.48. The van der Waals surface area contributed by atoms with Crippen molar-refractivity contribution in [2.45, 2.75) is 6.54 Å². The Balaban J connectivity index is 1.88. The van der Waals surface area contributed by atoms with Gasteiger partial charge < -0.3 is 4.74 Å². The van der Waals surface area contributed by atoms with Crippen molar-refractivity contribution >= 4 is 0 Å². The van der Waals surface area contributed by atoms with E-state index in [1.807, 2.05) is 24.3 Å². The zero-order valence-electron chi connectivity index (χ0n) is 10.1. The standard InChI is InChI=1S/C10H10N8O/c1-19-8-5-3-2-4-7(8)10-13-17-18(14-10)6-9-11-15-16-12-9/h2-5H,6H2,1H3,(H,11,12,15,16). The predicted octanol–water partition coefficient (Wildman–Crippen LogP) is -0.0899. The molecule has 9 nitrogen and oxygen atoms in total. The lowest BCUT2D eigenvalue weighted by Gasteiger charge is -2.03.